The van der Waals surface area contributed by atoms with E-state index in [1.807, 2.05) is 42.2 Å². The maximum atomic E-state index is 10.7. The van der Waals surface area contributed by atoms with E-state index in [0.29, 0.717) is 12.6 Å². The molecule has 0 fully saturated rings. The van der Waals surface area contributed by atoms with Gasteiger partial charge in [0, 0.05) is 26.2 Å². The zero-order chi connectivity index (χ0) is 22.1. The second-order valence-corrected chi connectivity index (χ2v) is 8.80. The van der Waals surface area contributed by atoms with Crippen molar-refractivity contribution in [3.63, 3.8) is 0 Å². The molecule has 0 radical (unpaired) electrons. The van der Waals surface area contributed by atoms with E-state index < -0.39 is 6.10 Å². The number of aliphatic hydroxyl groups excluding tert-OH is 1. The molecule has 0 saturated carbocycles. The van der Waals surface area contributed by atoms with Crippen molar-refractivity contribution in [3.05, 3.63) is 84.2 Å². The first-order chi connectivity index (χ1) is 15.6. The molecule has 5 rings (SSSR count). The van der Waals surface area contributed by atoms with Crippen LogP contribution in [0.2, 0.25) is 0 Å². The third-order valence-corrected chi connectivity index (χ3v) is 6.41. The van der Waals surface area contributed by atoms with E-state index in [1.165, 1.54) is 11.1 Å². The number of hydrogen-bond donors (Lipinski definition) is 1. The van der Waals surface area contributed by atoms with E-state index in [4.69, 9.17) is 4.74 Å². The molecule has 5 heteroatoms. The Kier molecular flexibility index (Phi) is 5.68. The van der Waals surface area contributed by atoms with E-state index in [2.05, 4.69) is 59.3 Å². The van der Waals surface area contributed by atoms with Gasteiger partial charge in [-0.3, -0.25) is 4.90 Å². The molecule has 5 nitrogen and oxygen atoms in total. The summed E-state index contributed by atoms with van der Waals surface area (Å²) in [5, 5.41) is 10.7. The van der Waals surface area contributed by atoms with Crippen molar-refractivity contribution in [2.75, 3.05) is 13.2 Å². The van der Waals surface area contributed by atoms with Gasteiger partial charge >= 0.3 is 0 Å². The second kappa shape index (κ2) is 8.77. The lowest BCUT2D eigenvalue weighted by atomic mass is 9.94. The average Bonchev–Trinajstić information content (AvgIpc) is 3.18. The summed E-state index contributed by atoms with van der Waals surface area (Å²) in [7, 11) is 2.00. The Labute approximate surface area is 188 Å². The van der Waals surface area contributed by atoms with Crippen molar-refractivity contribution >= 4 is 11.0 Å². The van der Waals surface area contributed by atoms with Crippen LogP contribution in [0.4, 0.5) is 0 Å². The fourth-order valence-corrected chi connectivity index (χ4v) is 4.56. The Balaban J connectivity index is 1.23. The predicted octanol–water partition coefficient (Wildman–Crippen LogP) is 4.43. The summed E-state index contributed by atoms with van der Waals surface area (Å²) in [4.78, 5) is 6.73. The summed E-state index contributed by atoms with van der Waals surface area (Å²) in [6.45, 7) is 3.98. The Morgan fingerprint density at radius 2 is 1.84 bits per heavy atom. The van der Waals surface area contributed by atoms with Gasteiger partial charge in [-0.05, 0) is 59.9 Å². The lowest BCUT2D eigenvalue weighted by molar-refractivity contribution is 0.0479. The second-order valence-electron chi connectivity index (χ2n) is 8.80. The van der Waals surface area contributed by atoms with Gasteiger partial charge in [-0.1, -0.05) is 42.5 Å². The highest BCUT2D eigenvalue weighted by Crippen LogP contribution is 2.27. The molecular weight excluding hydrogens is 398 g/mol. The number of nitrogens with zero attached hydrogens (tertiary/aromatic N) is 3. The van der Waals surface area contributed by atoms with Crippen LogP contribution >= 0.6 is 0 Å². The van der Waals surface area contributed by atoms with Gasteiger partial charge in [0.1, 0.15) is 18.5 Å². The van der Waals surface area contributed by atoms with Crippen LogP contribution in [0.25, 0.3) is 22.2 Å². The highest BCUT2D eigenvalue weighted by Gasteiger charge is 2.24. The van der Waals surface area contributed by atoms with Crippen molar-refractivity contribution in [3.8, 4) is 16.9 Å². The fourth-order valence-electron chi connectivity index (χ4n) is 4.56. The number of fused-ring (bicyclic) bond motifs is 2. The molecule has 2 heterocycles. The molecule has 0 saturated heterocycles. The molecule has 0 bridgehead atoms. The average molecular weight is 428 g/mol. The van der Waals surface area contributed by atoms with E-state index in [9.17, 15) is 5.11 Å². The third-order valence-electron chi connectivity index (χ3n) is 6.41. The quantitative estimate of drug-likeness (QED) is 0.495. The molecule has 1 aliphatic heterocycles. The molecule has 3 aromatic carbocycles. The molecular formula is C27H29N3O2. The molecule has 0 amide bonds. The molecule has 1 aliphatic rings. The number of aromatic nitrogens is 2. The Morgan fingerprint density at radius 3 is 2.72 bits per heavy atom. The number of ether oxygens (including phenoxy) is 1. The van der Waals surface area contributed by atoms with Crippen LogP contribution in [-0.2, 0) is 20.0 Å². The van der Waals surface area contributed by atoms with Gasteiger partial charge in [0.05, 0.1) is 17.4 Å². The molecule has 164 valence electrons. The Morgan fingerprint density at radius 1 is 1.03 bits per heavy atom. The molecule has 2 unspecified atom stereocenters. The summed E-state index contributed by atoms with van der Waals surface area (Å²) in [6, 6.07) is 23.3. The first kappa shape index (κ1) is 20.7. The van der Waals surface area contributed by atoms with Gasteiger partial charge in [-0.2, -0.15) is 0 Å². The van der Waals surface area contributed by atoms with E-state index in [0.717, 1.165) is 40.9 Å². The van der Waals surface area contributed by atoms with Crippen LogP contribution in [0, 0.1) is 0 Å². The van der Waals surface area contributed by atoms with E-state index in [1.54, 1.807) is 0 Å². The summed E-state index contributed by atoms with van der Waals surface area (Å²) in [6.07, 6.45) is 2.31. The van der Waals surface area contributed by atoms with Gasteiger partial charge in [0.15, 0.2) is 0 Å². The topological polar surface area (TPSA) is 50.5 Å². The van der Waals surface area contributed by atoms with Gasteiger partial charge in [0.25, 0.3) is 0 Å². The number of rotatable bonds is 6. The van der Waals surface area contributed by atoms with E-state index in [-0.39, 0.29) is 6.61 Å². The predicted molar refractivity (Wildman–Crippen MR) is 128 cm³/mol. The number of aryl methyl sites for hydroxylation is 1. The highest BCUT2D eigenvalue weighted by atomic mass is 16.5. The van der Waals surface area contributed by atoms with Gasteiger partial charge in [-0.15, -0.1) is 0 Å². The molecule has 32 heavy (non-hydrogen) atoms. The number of hydrogen-bond acceptors (Lipinski definition) is 4. The van der Waals surface area contributed by atoms with Crippen molar-refractivity contribution in [2.45, 2.75) is 32.0 Å². The minimum atomic E-state index is -0.544. The largest absolute Gasteiger partial charge is 0.491 e. The molecule has 1 N–H and O–H groups in total. The first-order valence-corrected chi connectivity index (χ1v) is 11.2. The van der Waals surface area contributed by atoms with Crippen molar-refractivity contribution in [1.29, 1.82) is 0 Å². The lowest BCUT2D eigenvalue weighted by Gasteiger charge is -2.36. The fraction of sp³-hybridized carbons (Fsp3) is 0.296. The number of β-amino-alcohol motifs (C(OH)–C–C–N with tert-alkyl or cyclic N) is 1. The zero-order valence-corrected chi connectivity index (χ0v) is 18.6. The summed E-state index contributed by atoms with van der Waals surface area (Å²) >= 11 is 0. The Bertz CT molecular complexity index is 1230. The van der Waals surface area contributed by atoms with Crippen LogP contribution in [0.3, 0.4) is 0 Å². The maximum Gasteiger partial charge on any atom is 0.120 e. The smallest absolute Gasteiger partial charge is 0.120 e. The molecule has 4 aromatic rings. The molecule has 0 aliphatic carbocycles. The summed E-state index contributed by atoms with van der Waals surface area (Å²) in [5.41, 5.74) is 7.07. The highest BCUT2D eigenvalue weighted by molar-refractivity contribution is 5.82. The summed E-state index contributed by atoms with van der Waals surface area (Å²) in [5.74, 6) is 0.767. The maximum absolute atomic E-state index is 10.7. The molecule has 1 aromatic heterocycles. The number of benzene rings is 3. The molecule has 2 atom stereocenters. The number of aliphatic hydroxyl groups is 1. The van der Waals surface area contributed by atoms with Gasteiger partial charge < -0.3 is 14.4 Å². The van der Waals surface area contributed by atoms with Gasteiger partial charge in [0.2, 0.25) is 0 Å². The van der Waals surface area contributed by atoms with Crippen LogP contribution in [0.15, 0.2) is 73.1 Å². The monoisotopic (exact) mass is 427 g/mol. The zero-order valence-electron chi connectivity index (χ0n) is 18.6. The van der Waals surface area contributed by atoms with E-state index >= 15 is 0 Å². The Hall–Kier alpha value is -3.15. The van der Waals surface area contributed by atoms with Crippen molar-refractivity contribution in [1.82, 2.24) is 14.5 Å². The van der Waals surface area contributed by atoms with Gasteiger partial charge in [-0.25, -0.2) is 4.98 Å². The van der Waals surface area contributed by atoms with Crippen LogP contribution in [0.5, 0.6) is 5.75 Å². The number of imidazole rings is 1. The van der Waals surface area contributed by atoms with Crippen molar-refractivity contribution in [2.24, 2.45) is 7.05 Å². The van der Waals surface area contributed by atoms with Crippen LogP contribution in [-0.4, -0.2) is 44.9 Å². The SMILES string of the molecule is CC1Cc2ccccc2CN1CC(O)COc1cccc(-c2ccc3ncn(C)c3c2)c1. The third kappa shape index (κ3) is 4.27. The normalized spacial score (nSPS) is 17.3. The lowest BCUT2D eigenvalue weighted by Crippen LogP contribution is -2.44. The minimum Gasteiger partial charge on any atom is -0.491 e. The van der Waals surface area contributed by atoms with Crippen molar-refractivity contribution < 1.29 is 9.84 Å². The minimum absolute atomic E-state index is 0.273. The van der Waals surface area contributed by atoms with Crippen LogP contribution in [0.1, 0.15) is 18.1 Å². The first-order valence-electron chi connectivity index (χ1n) is 11.2. The summed E-state index contributed by atoms with van der Waals surface area (Å²) < 4.78 is 8.00. The standard InChI is InChI=1S/C27H29N3O2/c1-19-12-20-6-3-4-7-23(20)15-30(19)16-24(31)17-32-25-9-5-8-21(13-25)22-10-11-26-27(14-22)29(2)18-28-26/h3-11,13-14,18-19,24,31H,12,15-17H2,1-2H3. The molecule has 0 spiro atoms. The van der Waals surface area contributed by atoms with Crippen LogP contribution < -0.4 is 4.74 Å².